The molecule has 1 aliphatic heterocycles. The van der Waals surface area contributed by atoms with E-state index in [1.54, 1.807) is 4.68 Å². The summed E-state index contributed by atoms with van der Waals surface area (Å²) in [6, 6.07) is 1.82. The Kier molecular flexibility index (Phi) is 5.51. The predicted octanol–water partition coefficient (Wildman–Crippen LogP) is 2.04. The smallest absolute Gasteiger partial charge is 0.358 e. The van der Waals surface area contributed by atoms with E-state index in [1.165, 1.54) is 7.05 Å². The Bertz CT molecular complexity index is 928. The number of alkyl halides is 3. The van der Waals surface area contributed by atoms with E-state index in [9.17, 15) is 23.2 Å². The normalized spacial score (nSPS) is 13.7. The van der Waals surface area contributed by atoms with Crippen molar-refractivity contribution in [3.63, 3.8) is 0 Å². The van der Waals surface area contributed by atoms with Gasteiger partial charge in [0.2, 0.25) is 5.91 Å². The summed E-state index contributed by atoms with van der Waals surface area (Å²) in [5.41, 5.74) is 0.659. The number of nitriles is 1. The SMILES string of the molecule is CNC(=O)CN(CC(F)(F)F)c1c(C#N)cnn1-c1nn2c(c1Cl)CCCC2. The Morgan fingerprint density at radius 3 is 2.82 bits per heavy atom. The molecule has 0 spiro atoms. The Morgan fingerprint density at radius 2 is 2.21 bits per heavy atom. The molecule has 150 valence electrons. The van der Waals surface area contributed by atoms with Gasteiger partial charge in [-0.1, -0.05) is 11.6 Å². The average Bonchev–Trinajstić information content (AvgIpc) is 3.21. The lowest BCUT2D eigenvalue weighted by Gasteiger charge is -2.25. The van der Waals surface area contributed by atoms with Crippen LogP contribution in [0.5, 0.6) is 0 Å². The number of anilines is 1. The summed E-state index contributed by atoms with van der Waals surface area (Å²) in [5, 5.41) is 20.4. The first kappa shape index (κ1) is 20.0. The van der Waals surface area contributed by atoms with E-state index < -0.39 is 25.2 Å². The van der Waals surface area contributed by atoms with Gasteiger partial charge < -0.3 is 10.2 Å². The maximum absolute atomic E-state index is 13.2. The molecule has 0 aliphatic carbocycles. The summed E-state index contributed by atoms with van der Waals surface area (Å²) in [7, 11) is 1.32. The molecule has 2 aromatic rings. The second-order valence-corrected chi connectivity index (χ2v) is 6.69. The zero-order valence-electron chi connectivity index (χ0n) is 14.9. The Hall–Kier alpha value is -2.74. The third-order valence-corrected chi connectivity index (χ3v) is 4.75. The van der Waals surface area contributed by atoms with Crippen LogP contribution in [-0.4, -0.2) is 51.8 Å². The molecule has 0 atom stereocenters. The highest BCUT2D eigenvalue weighted by Crippen LogP contribution is 2.33. The van der Waals surface area contributed by atoms with Gasteiger partial charge in [0.15, 0.2) is 11.6 Å². The molecule has 3 rings (SSSR count). The van der Waals surface area contributed by atoms with Gasteiger partial charge in [0.25, 0.3) is 0 Å². The number of aromatic nitrogens is 4. The monoisotopic (exact) mass is 415 g/mol. The van der Waals surface area contributed by atoms with Crippen LogP contribution in [0, 0.1) is 11.3 Å². The number of nitrogens with zero attached hydrogens (tertiary/aromatic N) is 6. The molecule has 3 heterocycles. The number of hydrogen-bond donors (Lipinski definition) is 1. The van der Waals surface area contributed by atoms with E-state index in [-0.39, 0.29) is 22.2 Å². The second kappa shape index (κ2) is 7.71. The van der Waals surface area contributed by atoms with E-state index in [2.05, 4.69) is 15.5 Å². The first-order valence-electron chi connectivity index (χ1n) is 8.51. The fraction of sp³-hybridized carbons (Fsp3) is 0.500. The number of carbonyl (C=O) groups is 1. The predicted molar refractivity (Wildman–Crippen MR) is 94.3 cm³/mol. The minimum atomic E-state index is -4.60. The molecular weight excluding hydrogens is 399 g/mol. The lowest BCUT2D eigenvalue weighted by Crippen LogP contribution is -2.42. The highest BCUT2D eigenvalue weighted by atomic mass is 35.5. The molecule has 2 aromatic heterocycles. The van der Waals surface area contributed by atoms with E-state index in [4.69, 9.17) is 11.6 Å². The number of fused-ring (bicyclic) bond motifs is 1. The van der Waals surface area contributed by atoms with Crippen LogP contribution in [0.2, 0.25) is 5.02 Å². The highest BCUT2D eigenvalue weighted by Gasteiger charge is 2.35. The summed E-state index contributed by atoms with van der Waals surface area (Å²) in [6.07, 6.45) is -0.934. The summed E-state index contributed by atoms with van der Waals surface area (Å²) in [5.74, 6) is -0.684. The molecule has 0 fully saturated rings. The van der Waals surface area contributed by atoms with Gasteiger partial charge in [-0.2, -0.15) is 33.3 Å². The van der Waals surface area contributed by atoms with Crippen LogP contribution < -0.4 is 10.2 Å². The van der Waals surface area contributed by atoms with Crippen molar-refractivity contribution in [1.82, 2.24) is 24.9 Å². The number of carbonyl (C=O) groups excluding carboxylic acids is 1. The lowest BCUT2D eigenvalue weighted by molar-refractivity contribution is -0.124. The van der Waals surface area contributed by atoms with Crippen molar-refractivity contribution in [1.29, 1.82) is 5.26 Å². The third kappa shape index (κ3) is 3.91. The van der Waals surface area contributed by atoms with Gasteiger partial charge in [-0.05, 0) is 19.3 Å². The molecule has 0 bridgehead atoms. The topological polar surface area (TPSA) is 91.8 Å². The van der Waals surface area contributed by atoms with E-state index in [0.29, 0.717) is 13.0 Å². The summed E-state index contributed by atoms with van der Waals surface area (Å²) >= 11 is 6.42. The van der Waals surface area contributed by atoms with E-state index in [1.807, 2.05) is 6.07 Å². The number of nitrogens with one attached hydrogen (secondary N) is 1. The molecule has 0 unspecified atom stereocenters. The van der Waals surface area contributed by atoms with Crippen molar-refractivity contribution in [2.45, 2.75) is 32.0 Å². The summed E-state index contributed by atoms with van der Waals surface area (Å²) in [4.78, 5) is 12.5. The molecule has 8 nitrogen and oxygen atoms in total. The van der Waals surface area contributed by atoms with Crippen molar-refractivity contribution >= 4 is 23.3 Å². The first-order valence-corrected chi connectivity index (χ1v) is 8.89. The molecule has 1 amide bonds. The van der Waals surface area contributed by atoms with Gasteiger partial charge in [0, 0.05) is 13.6 Å². The molecule has 0 saturated heterocycles. The van der Waals surface area contributed by atoms with Gasteiger partial charge in [-0.25, -0.2) is 0 Å². The van der Waals surface area contributed by atoms with Gasteiger partial charge in [0.1, 0.15) is 23.2 Å². The van der Waals surface area contributed by atoms with Crippen LogP contribution in [-0.2, 0) is 17.8 Å². The number of likely N-dealkylation sites (N-methyl/N-ethyl adjacent to an activating group) is 1. The summed E-state index contributed by atoms with van der Waals surface area (Å²) in [6.45, 7) is -1.41. The quantitative estimate of drug-likeness (QED) is 0.807. The number of rotatable bonds is 5. The van der Waals surface area contributed by atoms with Gasteiger partial charge in [-0.3, -0.25) is 9.48 Å². The Balaban J connectivity index is 2.12. The highest BCUT2D eigenvalue weighted by molar-refractivity contribution is 6.33. The van der Waals surface area contributed by atoms with Crippen molar-refractivity contribution in [3.8, 4) is 11.9 Å². The number of aryl methyl sites for hydroxylation is 1. The Morgan fingerprint density at radius 1 is 1.46 bits per heavy atom. The van der Waals surface area contributed by atoms with E-state index in [0.717, 1.165) is 34.3 Å². The standard InChI is InChI=1S/C16H17ClF3N7O/c1-22-12(28)8-25(9-16(18,19)20)15-10(6-21)7-23-27(15)14-13(17)11-4-2-3-5-26(11)24-14/h7H,2-5,8-9H2,1H3,(H,22,28). The van der Waals surface area contributed by atoms with Crippen molar-refractivity contribution in [3.05, 3.63) is 22.5 Å². The number of hydrogen-bond acceptors (Lipinski definition) is 5. The lowest BCUT2D eigenvalue weighted by atomic mass is 10.1. The zero-order valence-corrected chi connectivity index (χ0v) is 15.7. The third-order valence-electron chi connectivity index (χ3n) is 4.36. The van der Waals surface area contributed by atoms with Gasteiger partial charge in [0.05, 0.1) is 18.4 Å². The fourth-order valence-corrected chi connectivity index (χ4v) is 3.44. The molecular formula is C16H17ClF3N7O. The van der Waals surface area contributed by atoms with Crippen molar-refractivity contribution in [2.24, 2.45) is 0 Å². The first-order chi connectivity index (χ1) is 13.2. The van der Waals surface area contributed by atoms with Crippen molar-refractivity contribution in [2.75, 3.05) is 25.0 Å². The summed E-state index contributed by atoms with van der Waals surface area (Å²) < 4.78 is 42.3. The molecule has 12 heteroatoms. The van der Waals surface area contributed by atoms with Crippen LogP contribution in [0.3, 0.4) is 0 Å². The minimum Gasteiger partial charge on any atom is -0.358 e. The van der Waals surface area contributed by atoms with Gasteiger partial charge in [-0.15, -0.1) is 0 Å². The van der Waals surface area contributed by atoms with E-state index >= 15 is 0 Å². The van der Waals surface area contributed by atoms with Crippen LogP contribution in [0.1, 0.15) is 24.1 Å². The maximum atomic E-state index is 13.2. The largest absolute Gasteiger partial charge is 0.405 e. The molecule has 0 saturated carbocycles. The zero-order chi connectivity index (χ0) is 20.5. The Labute approximate surface area is 163 Å². The second-order valence-electron chi connectivity index (χ2n) is 6.31. The van der Waals surface area contributed by atoms with Crippen LogP contribution in [0.15, 0.2) is 6.20 Å². The minimum absolute atomic E-state index is 0.116. The maximum Gasteiger partial charge on any atom is 0.405 e. The van der Waals surface area contributed by atoms with Crippen LogP contribution >= 0.6 is 11.6 Å². The molecule has 28 heavy (non-hydrogen) atoms. The molecule has 0 aromatic carbocycles. The molecule has 1 aliphatic rings. The number of halogens is 4. The average molecular weight is 416 g/mol. The fourth-order valence-electron chi connectivity index (χ4n) is 3.13. The number of amides is 1. The van der Waals surface area contributed by atoms with Crippen LogP contribution in [0.25, 0.3) is 5.82 Å². The van der Waals surface area contributed by atoms with Gasteiger partial charge >= 0.3 is 6.18 Å². The molecule has 1 N–H and O–H groups in total. The molecule has 0 radical (unpaired) electrons. The van der Waals surface area contributed by atoms with Crippen molar-refractivity contribution < 1.29 is 18.0 Å². The van der Waals surface area contributed by atoms with Crippen LogP contribution in [0.4, 0.5) is 19.0 Å².